The van der Waals surface area contributed by atoms with Crippen LogP contribution in [0.5, 0.6) is 0 Å². The number of carbonyl (C=O) groups excluding carboxylic acids is 2. The molecule has 1 aromatic carbocycles. The van der Waals surface area contributed by atoms with Gasteiger partial charge in [-0.2, -0.15) is 0 Å². The van der Waals surface area contributed by atoms with Crippen molar-refractivity contribution in [2.24, 2.45) is 0 Å². The highest BCUT2D eigenvalue weighted by Gasteiger charge is 2.32. The Hall–Kier alpha value is -1.82. The lowest BCUT2D eigenvalue weighted by molar-refractivity contribution is -0.124. The fraction of sp³-hybridized carbons (Fsp3) is 0.583. The number of aliphatic hydroxyl groups is 1. The summed E-state index contributed by atoms with van der Waals surface area (Å²) < 4.78 is 0. The zero-order chi connectivity index (χ0) is 20.6. The molecule has 0 spiro atoms. The molecule has 1 saturated heterocycles. The molecule has 1 heterocycles. The number of benzene rings is 1. The summed E-state index contributed by atoms with van der Waals surface area (Å²) in [4.78, 5) is 30.4. The Morgan fingerprint density at radius 2 is 1.55 bits per heavy atom. The van der Waals surface area contributed by atoms with Gasteiger partial charge >= 0.3 is 0 Å². The van der Waals surface area contributed by atoms with E-state index in [0.717, 1.165) is 69.7 Å². The van der Waals surface area contributed by atoms with Gasteiger partial charge in [0, 0.05) is 45.6 Å². The largest absolute Gasteiger partial charge is 0.395 e. The summed E-state index contributed by atoms with van der Waals surface area (Å²) in [6.07, 6.45) is 3.47. The van der Waals surface area contributed by atoms with E-state index in [0.29, 0.717) is 18.4 Å². The van der Waals surface area contributed by atoms with Crippen molar-refractivity contribution < 1.29 is 14.7 Å². The first-order valence-corrected chi connectivity index (χ1v) is 11.0. The van der Waals surface area contributed by atoms with E-state index in [9.17, 15) is 9.59 Å². The van der Waals surface area contributed by atoms with E-state index in [1.54, 1.807) is 0 Å². The lowest BCUT2D eigenvalue weighted by atomic mass is 9.77. The molecule has 0 bridgehead atoms. The van der Waals surface area contributed by atoms with Crippen LogP contribution in [0.25, 0.3) is 0 Å². The second kappa shape index (κ2) is 10.8. The van der Waals surface area contributed by atoms with E-state index in [2.05, 4.69) is 16.7 Å². The number of carbonyl (C=O) groups is 2. The zero-order valence-corrected chi connectivity index (χ0v) is 17.6. The van der Waals surface area contributed by atoms with Gasteiger partial charge < -0.3 is 10.0 Å². The van der Waals surface area contributed by atoms with Gasteiger partial charge in [0.2, 0.25) is 0 Å². The third-order valence-electron chi connectivity index (χ3n) is 6.31. The van der Waals surface area contributed by atoms with Gasteiger partial charge in [-0.3, -0.25) is 14.5 Å². The smallest absolute Gasteiger partial charge is 0.167 e. The van der Waals surface area contributed by atoms with Gasteiger partial charge in [-0.15, -0.1) is 0 Å². The van der Waals surface area contributed by atoms with Crippen molar-refractivity contribution in [1.29, 1.82) is 0 Å². The lowest BCUT2D eigenvalue weighted by Gasteiger charge is -2.34. The third-order valence-corrected chi connectivity index (χ3v) is 6.31. The second-order valence-electron chi connectivity index (χ2n) is 8.20. The Morgan fingerprint density at radius 3 is 2.10 bits per heavy atom. The molecule has 5 heteroatoms. The molecule has 1 aliphatic carbocycles. The molecule has 0 amide bonds. The number of hydrogen-bond donors (Lipinski definition) is 1. The first-order chi connectivity index (χ1) is 14.1. The van der Waals surface area contributed by atoms with Crippen LogP contribution in [-0.4, -0.2) is 72.3 Å². The van der Waals surface area contributed by atoms with Crippen LogP contribution in [0.2, 0.25) is 0 Å². The second-order valence-corrected chi connectivity index (χ2v) is 8.20. The Kier molecular flexibility index (Phi) is 8.16. The number of β-amino-alcohol motifs (C(OH)–C–C–N with tert-alkyl or cyclic N) is 1. The topological polar surface area (TPSA) is 60.9 Å². The lowest BCUT2D eigenvalue weighted by Crippen LogP contribution is -2.47. The Balaban J connectivity index is 1.54. The molecule has 0 radical (unpaired) electrons. The fourth-order valence-electron chi connectivity index (χ4n) is 4.61. The molecule has 1 aromatic rings. The summed E-state index contributed by atoms with van der Waals surface area (Å²) in [5.41, 5.74) is 2.64. The molecular weight excluding hydrogens is 364 g/mol. The van der Waals surface area contributed by atoms with Crippen LogP contribution < -0.4 is 0 Å². The van der Waals surface area contributed by atoms with Crippen LogP contribution in [-0.2, 0) is 9.59 Å². The van der Waals surface area contributed by atoms with E-state index in [1.165, 1.54) is 0 Å². The van der Waals surface area contributed by atoms with E-state index in [-0.39, 0.29) is 24.1 Å². The zero-order valence-electron chi connectivity index (χ0n) is 17.6. The van der Waals surface area contributed by atoms with Gasteiger partial charge in [0.05, 0.1) is 12.2 Å². The summed E-state index contributed by atoms with van der Waals surface area (Å²) in [5, 5.41) is 9.05. The maximum absolute atomic E-state index is 12.8. The minimum absolute atomic E-state index is 0.0215. The quantitative estimate of drug-likeness (QED) is 0.539. The normalized spacial score (nSPS) is 21.6. The maximum atomic E-state index is 12.8. The van der Waals surface area contributed by atoms with Crippen molar-refractivity contribution in [2.75, 3.05) is 45.9 Å². The van der Waals surface area contributed by atoms with Gasteiger partial charge in [-0.25, -0.2) is 0 Å². The Morgan fingerprint density at radius 1 is 0.966 bits per heavy atom. The highest BCUT2D eigenvalue weighted by atomic mass is 16.3. The number of ketones is 2. The number of hydrogen-bond acceptors (Lipinski definition) is 5. The SMILES string of the molecule is CCC(CCCN1CCN(CCO)CC1)=C1C(=O)CC(c2ccccc2)CC1=O. The van der Waals surface area contributed by atoms with Crippen LogP contribution in [0.15, 0.2) is 41.5 Å². The van der Waals surface area contributed by atoms with Gasteiger partial charge in [0.1, 0.15) is 0 Å². The molecule has 29 heavy (non-hydrogen) atoms. The molecule has 1 saturated carbocycles. The van der Waals surface area contributed by atoms with Crippen molar-refractivity contribution in [3.8, 4) is 0 Å². The van der Waals surface area contributed by atoms with E-state index >= 15 is 0 Å². The summed E-state index contributed by atoms with van der Waals surface area (Å²) in [5.74, 6) is 0.0856. The van der Waals surface area contributed by atoms with Gasteiger partial charge in [0.15, 0.2) is 11.6 Å². The van der Waals surface area contributed by atoms with Crippen molar-refractivity contribution in [3.05, 3.63) is 47.0 Å². The maximum Gasteiger partial charge on any atom is 0.167 e. The average Bonchev–Trinajstić information content (AvgIpc) is 2.74. The molecule has 1 aliphatic heterocycles. The fourth-order valence-corrected chi connectivity index (χ4v) is 4.61. The number of Topliss-reactive ketones (excluding diaryl/α,β-unsaturated/α-hetero) is 2. The van der Waals surface area contributed by atoms with Crippen LogP contribution in [0.4, 0.5) is 0 Å². The third kappa shape index (κ3) is 5.84. The first-order valence-electron chi connectivity index (χ1n) is 11.0. The molecule has 2 aliphatic rings. The standard InChI is InChI=1S/C24H34N2O3/c1-2-19(9-6-10-25-11-13-26(14-12-25)15-16-27)24-22(28)17-21(18-23(24)29)20-7-4-3-5-8-20/h3-5,7-8,21,27H,2,6,9-18H2,1H3. The molecule has 0 atom stereocenters. The molecule has 0 unspecified atom stereocenters. The highest BCUT2D eigenvalue weighted by molar-refractivity contribution is 6.22. The van der Waals surface area contributed by atoms with Crippen molar-refractivity contribution in [3.63, 3.8) is 0 Å². The summed E-state index contributed by atoms with van der Waals surface area (Å²) in [6.45, 7) is 8.08. The first kappa shape index (κ1) is 21.9. The van der Waals surface area contributed by atoms with Gasteiger partial charge in [-0.1, -0.05) is 42.8 Å². The predicted octanol–water partition coefficient (Wildman–Crippen LogP) is 2.80. The molecule has 1 N–H and O–H groups in total. The van der Waals surface area contributed by atoms with Gasteiger partial charge in [-0.05, 0) is 37.3 Å². The summed E-state index contributed by atoms with van der Waals surface area (Å²) in [7, 11) is 0. The van der Waals surface area contributed by atoms with Gasteiger partial charge in [0.25, 0.3) is 0 Å². The number of rotatable bonds is 8. The molecule has 0 aromatic heterocycles. The van der Waals surface area contributed by atoms with E-state index in [4.69, 9.17) is 5.11 Å². The highest BCUT2D eigenvalue weighted by Crippen LogP contribution is 2.34. The van der Waals surface area contributed by atoms with Crippen molar-refractivity contribution in [2.45, 2.75) is 44.9 Å². The Labute approximate surface area is 174 Å². The van der Waals surface area contributed by atoms with E-state index < -0.39 is 0 Å². The minimum Gasteiger partial charge on any atom is -0.395 e. The number of piperazine rings is 1. The Bertz CT molecular complexity index is 701. The molecule has 158 valence electrons. The van der Waals surface area contributed by atoms with Crippen LogP contribution >= 0.6 is 0 Å². The van der Waals surface area contributed by atoms with E-state index in [1.807, 2.05) is 30.3 Å². The molecule has 5 nitrogen and oxygen atoms in total. The summed E-state index contributed by atoms with van der Waals surface area (Å²) in [6, 6.07) is 9.93. The predicted molar refractivity (Wildman–Crippen MR) is 115 cm³/mol. The summed E-state index contributed by atoms with van der Waals surface area (Å²) >= 11 is 0. The minimum atomic E-state index is 0.0215. The molecule has 3 rings (SSSR count). The number of aliphatic hydroxyl groups excluding tert-OH is 1. The van der Waals surface area contributed by atoms with Crippen LogP contribution in [0.1, 0.15) is 50.5 Å². The molecule has 2 fully saturated rings. The van der Waals surface area contributed by atoms with Crippen LogP contribution in [0, 0.1) is 0 Å². The number of allylic oxidation sites excluding steroid dienone is 2. The molecular formula is C24H34N2O3. The van der Waals surface area contributed by atoms with Crippen molar-refractivity contribution in [1.82, 2.24) is 9.80 Å². The average molecular weight is 399 g/mol. The monoisotopic (exact) mass is 398 g/mol. The van der Waals surface area contributed by atoms with Crippen molar-refractivity contribution >= 4 is 11.6 Å². The number of nitrogens with zero attached hydrogens (tertiary/aromatic N) is 2. The van der Waals surface area contributed by atoms with Crippen LogP contribution in [0.3, 0.4) is 0 Å².